The number of benzene rings is 1. The average molecular weight is 260 g/mol. The predicted molar refractivity (Wildman–Crippen MR) is 74.2 cm³/mol. The Hall–Kier alpha value is -1.65. The number of para-hydroxylation sites is 1. The van der Waals surface area contributed by atoms with Gasteiger partial charge in [0.1, 0.15) is 6.10 Å². The van der Waals surface area contributed by atoms with Gasteiger partial charge in [-0.2, -0.15) is 5.10 Å². The van der Waals surface area contributed by atoms with Crippen molar-refractivity contribution in [3.8, 4) is 5.69 Å². The molecular weight excluding hydrogens is 240 g/mol. The Morgan fingerprint density at radius 1 is 1.21 bits per heavy atom. The summed E-state index contributed by atoms with van der Waals surface area (Å²) in [6.45, 7) is 4.53. The van der Waals surface area contributed by atoms with Gasteiger partial charge in [-0.25, -0.2) is 4.68 Å². The van der Waals surface area contributed by atoms with Gasteiger partial charge in [0, 0.05) is 12.8 Å². The minimum Gasteiger partial charge on any atom is -0.384 e. The molecule has 0 aliphatic carbocycles. The van der Waals surface area contributed by atoms with Crippen LogP contribution in [0, 0.1) is 0 Å². The second-order valence-electron chi connectivity index (χ2n) is 4.35. The van der Waals surface area contributed by atoms with Crippen molar-refractivity contribution in [1.82, 2.24) is 9.78 Å². The molecule has 102 valence electrons. The van der Waals surface area contributed by atoms with E-state index in [1.807, 2.05) is 50.2 Å². The Kier molecular flexibility index (Phi) is 4.71. The number of hydrogen-bond donors (Lipinski definition) is 1. The third-order valence-corrected chi connectivity index (χ3v) is 3.11. The molecule has 0 aliphatic heterocycles. The van der Waals surface area contributed by atoms with E-state index < -0.39 is 6.10 Å². The van der Waals surface area contributed by atoms with Gasteiger partial charge < -0.3 is 9.84 Å². The Morgan fingerprint density at radius 2 is 1.95 bits per heavy atom. The zero-order valence-corrected chi connectivity index (χ0v) is 11.4. The first-order chi connectivity index (χ1) is 9.27. The molecule has 0 saturated heterocycles. The first-order valence-electron chi connectivity index (χ1n) is 6.67. The third-order valence-electron chi connectivity index (χ3n) is 3.11. The largest absolute Gasteiger partial charge is 0.384 e. The minimum absolute atomic E-state index is 0.204. The molecule has 2 aromatic rings. The lowest BCUT2D eigenvalue weighted by atomic mass is 10.1. The topological polar surface area (TPSA) is 47.3 Å². The molecule has 0 radical (unpaired) electrons. The lowest BCUT2D eigenvalue weighted by molar-refractivity contribution is -0.0382. The van der Waals surface area contributed by atoms with Crippen molar-refractivity contribution in [2.24, 2.45) is 0 Å². The molecule has 1 aromatic carbocycles. The molecule has 0 saturated carbocycles. The van der Waals surface area contributed by atoms with Gasteiger partial charge in [0.25, 0.3) is 0 Å². The van der Waals surface area contributed by atoms with Gasteiger partial charge in [-0.3, -0.25) is 0 Å². The van der Waals surface area contributed by atoms with Crippen LogP contribution in [0.2, 0.25) is 0 Å². The second-order valence-corrected chi connectivity index (χ2v) is 4.35. The van der Waals surface area contributed by atoms with Crippen LogP contribution in [-0.4, -0.2) is 27.6 Å². The SMILES string of the molecule is CCOC(CC)C(O)c1ccnn1-c1ccccc1. The average Bonchev–Trinajstić information content (AvgIpc) is 2.94. The van der Waals surface area contributed by atoms with Crippen LogP contribution < -0.4 is 0 Å². The zero-order valence-electron chi connectivity index (χ0n) is 11.4. The van der Waals surface area contributed by atoms with E-state index in [2.05, 4.69) is 5.10 Å². The maximum atomic E-state index is 10.5. The van der Waals surface area contributed by atoms with E-state index in [9.17, 15) is 5.11 Å². The van der Waals surface area contributed by atoms with E-state index in [0.29, 0.717) is 6.61 Å². The van der Waals surface area contributed by atoms with E-state index >= 15 is 0 Å². The molecule has 4 nitrogen and oxygen atoms in total. The number of aromatic nitrogens is 2. The fourth-order valence-corrected chi connectivity index (χ4v) is 2.16. The van der Waals surface area contributed by atoms with E-state index in [-0.39, 0.29) is 6.10 Å². The van der Waals surface area contributed by atoms with E-state index in [0.717, 1.165) is 17.8 Å². The number of nitrogens with zero attached hydrogens (tertiary/aromatic N) is 2. The molecule has 1 aromatic heterocycles. The van der Waals surface area contributed by atoms with Gasteiger partial charge >= 0.3 is 0 Å². The van der Waals surface area contributed by atoms with Gasteiger partial charge in [0.15, 0.2) is 0 Å². The molecule has 0 aliphatic rings. The van der Waals surface area contributed by atoms with Crippen LogP contribution in [0.4, 0.5) is 0 Å². The van der Waals surface area contributed by atoms with Gasteiger partial charge in [-0.15, -0.1) is 0 Å². The van der Waals surface area contributed by atoms with Gasteiger partial charge in [-0.05, 0) is 31.5 Å². The molecule has 19 heavy (non-hydrogen) atoms. The van der Waals surface area contributed by atoms with Crippen molar-refractivity contribution in [2.45, 2.75) is 32.5 Å². The number of aliphatic hydroxyl groups is 1. The molecule has 2 unspecified atom stereocenters. The molecule has 1 heterocycles. The molecule has 0 fully saturated rings. The fraction of sp³-hybridized carbons (Fsp3) is 0.400. The van der Waals surface area contributed by atoms with Crippen molar-refractivity contribution in [3.05, 3.63) is 48.3 Å². The maximum Gasteiger partial charge on any atom is 0.122 e. The normalized spacial score (nSPS) is 14.3. The number of hydrogen-bond acceptors (Lipinski definition) is 3. The maximum absolute atomic E-state index is 10.5. The van der Waals surface area contributed by atoms with Crippen LogP contribution in [0.15, 0.2) is 42.6 Å². The minimum atomic E-state index is -0.673. The van der Waals surface area contributed by atoms with Gasteiger partial charge in [-0.1, -0.05) is 25.1 Å². The number of ether oxygens (including phenoxy) is 1. The third kappa shape index (κ3) is 3.03. The van der Waals surface area contributed by atoms with Crippen LogP contribution in [0.3, 0.4) is 0 Å². The molecule has 2 rings (SSSR count). The smallest absolute Gasteiger partial charge is 0.122 e. The van der Waals surface area contributed by atoms with Crippen LogP contribution in [-0.2, 0) is 4.74 Å². The molecule has 1 N–H and O–H groups in total. The zero-order chi connectivity index (χ0) is 13.7. The van der Waals surface area contributed by atoms with Crippen LogP contribution >= 0.6 is 0 Å². The van der Waals surface area contributed by atoms with E-state index in [1.54, 1.807) is 10.9 Å². The standard InChI is InChI=1S/C15H20N2O2/c1-3-14(19-4-2)15(18)13-10-11-16-17(13)12-8-6-5-7-9-12/h5-11,14-15,18H,3-4H2,1-2H3. The van der Waals surface area contributed by atoms with Crippen molar-refractivity contribution < 1.29 is 9.84 Å². The monoisotopic (exact) mass is 260 g/mol. The summed E-state index contributed by atoms with van der Waals surface area (Å²) in [5, 5.41) is 14.7. The molecular formula is C15H20N2O2. The number of rotatable bonds is 6. The quantitative estimate of drug-likeness (QED) is 0.868. The summed E-state index contributed by atoms with van der Waals surface area (Å²) < 4.78 is 7.33. The van der Waals surface area contributed by atoms with Crippen molar-refractivity contribution in [1.29, 1.82) is 0 Å². The van der Waals surface area contributed by atoms with Crippen LogP contribution in [0.1, 0.15) is 32.1 Å². The molecule has 4 heteroatoms. The van der Waals surface area contributed by atoms with E-state index in [1.165, 1.54) is 0 Å². The Labute approximate surface area is 113 Å². The summed E-state index contributed by atoms with van der Waals surface area (Å²) >= 11 is 0. The summed E-state index contributed by atoms with van der Waals surface area (Å²) in [5.74, 6) is 0. The molecule has 2 atom stereocenters. The highest BCUT2D eigenvalue weighted by molar-refractivity contribution is 5.33. The summed E-state index contributed by atoms with van der Waals surface area (Å²) in [7, 11) is 0. The Morgan fingerprint density at radius 3 is 2.58 bits per heavy atom. The number of aliphatic hydroxyl groups excluding tert-OH is 1. The summed E-state index contributed by atoms with van der Waals surface area (Å²) in [6.07, 6.45) is 1.58. The van der Waals surface area contributed by atoms with Crippen LogP contribution in [0.25, 0.3) is 5.69 Å². The second kappa shape index (κ2) is 6.50. The Balaban J connectivity index is 2.29. The summed E-state index contributed by atoms with van der Waals surface area (Å²) in [5.41, 5.74) is 1.69. The highest BCUT2D eigenvalue weighted by atomic mass is 16.5. The van der Waals surface area contributed by atoms with Crippen LogP contribution in [0.5, 0.6) is 0 Å². The first kappa shape index (κ1) is 13.8. The lowest BCUT2D eigenvalue weighted by Crippen LogP contribution is -2.23. The highest BCUT2D eigenvalue weighted by Gasteiger charge is 2.23. The van der Waals surface area contributed by atoms with Gasteiger partial charge in [0.2, 0.25) is 0 Å². The molecule has 0 amide bonds. The lowest BCUT2D eigenvalue weighted by Gasteiger charge is -2.22. The summed E-state index contributed by atoms with van der Waals surface area (Å²) in [6, 6.07) is 11.6. The fourth-order valence-electron chi connectivity index (χ4n) is 2.16. The van der Waals surface area contributed by atoms with Crippen molar-refractivity contribution in [2.75, 3.05) is 6.61 Å². The van der Waals surface area contributed by atoms with Gasteiger partial charge in [0.05, 0.1) is 17.5 Å². The summed E-state index contributed by atoms with van der Waals surface area (Å²) in [4.78, 5) is 0. The molecule has 0 bridgehead atoms. The molecule has 0 spiro atoms. The predicted octanol–water partition coefficient (Wildman–Crippen LogP) is 2.72. The highest BCUT2D eigenvalue weighted by Crippen LogP contribution is 2.23. The van der Waals surface area contributed by atoms with Crippen molar-refractivity contribution in [3.63, 3.8) is 0 Å². The van der Waals surface area contributed by atoms with Crippen molar-refractivity contribution >= 4 is 0 Å². The Bertz CT molecular complexity index is 496. The first-order valence-corrected chi connectivity index (χ1v) is 6.67. The van der Waals surface area contributed by atoms with E-state index in [4.69, 9.17) is 4.74 Å².